The SMILES string of the molecule is Cc1nc(C2=CCCC=C2)cn1C. The fourth-order valence-electron chi connectivity index (χ4n) is 1.50. The molecule has 0 radical (unpaired) electrons. The molecular formula is C11H14N2. The molecule has 1 aromatic heterocycles. The number of nitrogens with zero attached hydrogens (tertiary/aromatic N) is 2. The lowest BCUT2D eigenvalue weighted by atomic mass is 10.1. The molecule has 0 bridgehead atoms. The van der Waals surface area contributed by atoms with Crippen LogP contribution in [0.2, 0.25) is 0 Å². The van der Waals surface area contributed by atoms with Crippen LogP contribution in [0, 0.1) is 6.92 Å². The summed E-state index contributed by atoms with van der Waals surface area (Å²) in [5.74, 6) is 1.06. The van der Waals surface area contributed by atoms with Gasteiger partial charge in [-0.2, -0.15) is 0 Å². The largest absolute Gasteiger partial charge is 0.338 e. The van der Waals surface area contributed by atoms with E-state index in [0.29, 0.717) is 0 Å². The van der Waals surface area contributed by atoms with Gasteiger partial charge in [0.15, 0.2) is 0 Å². The van der Waals surface area contributed by atoms with Crippen LogP contribution in [0.3, 0.4) is 0 Å². The number of hydrogen-bond acceptors (Lipinski definition) is 1. The first kappa shape index (κ1) is 8.30. The smallest absolute Gasteiger partial charge is 0.105 e. The molecule has 2 heteroatoms. The summed E-state index contributed by atoms with van der Waals surface area (Å²) < 4.78 is 2.05. The van der Waals surface area contributed by atoms with E-state index in [2.05, 4.69) is 34.0 Å². The quantitative estimate of drug-likeness (QED) is 0.639. The Labute approximate surface area is 78.6 Å². The van der Waals surface area contributed by atoms with Gasteiger partial charge in [0.25, 0.3) is 0 Å². The predicted octanol–water partition coefficient (Wildman–Crippen LogP) is 2.46. The second kappa shape index (κ2) is 3.21. The molecule has 2 rings (SSSR count). The van der Waals surface area contributed by atoms with Gasteiger partial charge >= 0.3 is 0 Å². The molecule has 0 saturated heterocycles. The Bertz CT molecular complexity index is 350. The van der Waals surface area contributed by atoms with Gasteiger partial charge in [0, 0.05) is 13.2 Å². The van der Waals surface area contributed by atoms with Gasteiger partial charge in [-0.15, -0.1) is 0 Å². The number of aromatic nitrogens is 2. The number of imidazole rings is 1. The molecule has 0 fully saturated rings. The Hall–Kier alpha value is -1.31. The Kier molecular flexibility index (Phi) is 2.05. The van der Waals surface area contributed by atoms with Gasteiger partial charge in [0.1, 0.15) is 5.82 Å². The molecule has 13 heavy (non-hydrogen) atoms. The molecule has 0 atom stereocenters. The van der Waals surface area contributed by atoms with Gasteiger partial charge < -0.3 is 4.57 Å². The minimum absolute atomic E-state index is 1.06. The average Bonchev–Trinajstić information content (AvgIpc) is 2.49. The highest BCUT2D eigenvalue weighted by Crippen LogP contribution is 2.19. The molecule has 1 aromatic rings. The van der Waals surface area contributed by atoms with Crippen LogP contribution in [0.1, 0.15) is 24.4 Å². The van der Waals surface area contributed by atoms with E-state index in [-0.39, 0.29) is 0 Å². The van der Waals surface area contributed by atoms with Crippen LogP contribution in [-0.4, -0.2) is 9.55 Å². The first-order valence-electron chi connectivity index (χ1n) is 4.64. The average molecular weight is 174 g/mol. The van der Waals surface area contributed by atoms with E-state index in [1.165, 1.54) is 5.57 Å². The molecule has 0 unspecified atom stereocenters. The summed E-state index contributed by atoms with van der Waals surface area (Å²) in [6, 6.07) is 0. The van der Waals surface area contributed by atoms with Crippen molar-refractivity contribution in [3.8, 4) is 0 Å². The summed E-state index contributed by atoms with van der Waals surface area (Å²) in [7, 11) is 2.03. The lowest BCUT2D eigenvalue weighted by Gasteiger charge is -2.02. The topological polar surface area (TPSA) is 17.8 Å². The lowest BCUT2D eigenvalue weighted by Crippen LogP contribution is -1.86. The molecular weight excluding hydrogens is 160 g/mol. The van der Waals surface area contributed by atoms with E-state index in [0.717, 1.165) is 24.4 Å². The van der Waals surface area contributed by atoms with E-state index in [9.17, 15) is 0 Å². The molecule has 0 aliphatic heterocycles. The highest BCUT2D eigenvalue weighted by Gasteiger charge is 2.05. The molecule has 0 aromatic carbocycles. The minimum Gasteiger partial charge on any atom is -0.338 e. The molecule has 68 valence electrons. The van der Waals surface area contributed by atoms with E-state index in [1.54, 1.807) is 0 Å². The van der Waals surface area contributed by atoms with Gasteiger partial charge in [0.05, 0.1) is 5.69 Å². The molecule has 1 heterocycles. The van der Waals surface area contributed by atoms with Gasteiger partial charge in [-0.25, -0.2) is 4.98 Å². The zero-order valence-corrected chi connectivity index (χ0v) is 8.12. The monoisotopic (exact) mass is 174 g/mol. The van der Waals surface area contributed by atoms with E-state index in [4.69, 9.17) is 0 Å². The number of hydrogen-bond donors (Lipinski definition) is 0. The van der Waals surface area contributed by atoms with Crippen molar-refractivity contribution in [3.63, 3.8) is 0 Å². The van der Waals surface area contributed by atoms with Crippen molar-refractivity contribution in [2.24, 2.45) is 7.05 Å². The highest BCUT2D eigenvalue weighted by atomic mass is 15.0. The minimum atomic E-state index is 1.06. The Morgan fingerprint density at radius 3 is 2.77 bits per heavy atom. The van der Waals surface area contributed by atoms with E-state index in [1.807, 2.05) is 14.0 Å². The zero-order chi connectivity index (χ0) is 9.26. The second-order valence-corrected chi connectivity index (χ2v) is 3.42. The molecule has 0 N–H and O–H groups in total. The summed E-state index contributed by atoms with van der Waals surface area (Å²) in [5, 5.41) is 0. The van der Waals surface area contributed by atoms with Crippen LogP contribution in [0.4, 0.5) is 0 Å². The Balaban J connectivity index is 2.35. The number of allylic oxidation sites excluding steroid dienone is 4. The third-order valence-corrected chi connectivity index (χ3v) is 2.40. The number of aryl methyl sites for hydroxylation is 2. The zero-order valence-electron chi connectivity index (χ0n) is 8.12. The van der Waals surface area contributed by atoms with Gasteiger partial charge in [0.2, 0.25) is 0 Å². The first-order chi connectivity index (χ1) is 6.27. The van der Waals surface area contributed by atoms with E-state index < -0.39 is 0 Å². The predicted molar refractivity (Wildman–Crippen MR) is 54.3 cm³/mol. The molecule has 2 nitrogen and oxygen atoms in total. The maximum atomic E-state index is 4.48. The van der Waals surface area contributed by atoms with Crippen molar-refractivity contribution in [1.82, 2.24) is 9.55 Å². The van der Waals surface area contributed by atoms with Crippen molar-refractivity contribution in [3.05, 3.63) is 35.9 Å². The van der Waals surface area contributed by atoms with Crippen molar-refractivity contribution < 1.29 is 0 Å². The second-order valence-electron chi connectivity index (χ2n) is 3.42. The van der Waals surface area contributed by atoms with Crippen LogP contribution in [0.25, 0.3) is 5.57 Å². The van der Waals surface area contributed by atoms with Crippen molar-refractivity contribution >= 4 is 5.57 Å². The van der Waals surface area contributed by atoms with Gasteiger partial charge in [-0.1, -0.05) is 18.2 Å². The fraction of sp³-hybridized carbons (Fsp3) is 0.364. The summed E-state index contributed by atoms with van der Waals surface area (Å²) in [6.07, 6.45) is 11.0. The maximum absolute atomic E-state index is 4.48. The van der Waals surface area contributed by atoms with Gasteiger partial charge in [-0.05, 0) is 25.3 Å². The third-order valence-electron chi connectivity index (χ3n) is 2.40. The fourth-order valence-corrected chi connectivity index (χ4v) is 1.50. The maximum Gasteiger partial charge on any atom is 0.105 e. The number of rotatable bonds is 1. The molecule has 1 aliphatic carbocycles. The van der Waals surface area contributed by atoms with Crippen molar-refractivity contribution in [2.75, 3.05) is 0 Å². The standard InChI is InChI=1S/C11H14N2/c1-9-12-11(8-13(9)2)10-6-4-3-5-7-10/h4,6-8H,3,5H2,1-2H3. The first-order valence-corrected chi connectivity index (χ1v) is 4.64. The molecule has 0 spiro atoms. The van der Waals surface area contributed by atoms with Crippen LogP contribution >= 0.6 is 0 Å². The van der Waals surface area contributed by atoms with Crippen LogP contribution in [-0.2, 0) is 7.05 Å². The lowest BCUT2D eigenvalue weighted by molar-refractivity contribution is 0.858. The summed E-state index contributed by atoms with van der Waals surface area (Å²) in [5.41, 5.74) is 2.35. The van der Waals surface area contributed by atoms with Crippen molar-refractivity contribution in [2.45, 2.75) is 19.8 Å². The Morgan fingerprint density at radius 1 is 1.38 bits per heavy atom. The van der Waals surface area contributed by atoms with Crippen LogP contribution in [0.5, 0.6) is 0 Å². The Morgan fingerprint density at radius 2 is 2.23 bits per heavy atom. The molecule has 0 saturated carbocycles. The molecule has 0 amide bonds. The molecule has 1 aliphatic rings. The normalized spacial score (nSPS) is 16.0. The summed E-state index contributed by atoms with van der Waals surface area (Å²) in [4.78, 5) is 4.48. The van der Waals surface area contributed by atoms with Crippen LogP contribution < -0.4 is 0 Å². The summed E-state index contributed by atoms with van der Waals surface area (Å²) in [6.45, 7) is 2.02. The van der Waals surface area contributed by atoms with Gasteiger partial charge in [-0.3, -0.25) is 0 Å². The van der Waals surface area contributed by atoms with E-state index >= 15 is 0 Å². The third kappa shape index (κ3) is 1.57. The van der Waals surface area contributed by atoms with Crippen LogP contribution in [0.15, 0.2) is 24.4 Å². The summed E-state index contributed by atoms with van der Waals surface area (Å²) >= 11 is 0. The highest BCUT2D eigenvalue weighted by molar-refractivity contribution is 5.72. The van der Waals surface area contributed by atoms with Crippen molar-refractivity contribution in [1.29, 1.82) is 0 Å².